The topological polar surface area (TPSA) is 94.4 Å². The summed E-state index contributed by atoms with van der Waals surface area (Å²) in [5.41, 5.74) is 1.37. The van der Waals surface area contributed by atoms with Crippen LogP contribution in [0.5, 0.6) is 5.75 Å². The van der Waals surface area contributed by atoms with Crippen LogP contribution in [0, 0.1) is 10.1 Å². The molecule has 0 radical (unpaired) electrons. The third kappa shape index (κ3) is 4.61. The summed E-state index contributed by atoms with van der Waals surface area (Å²) in [5, 5.41) is 15.3. The number of nitrogens with one attached hydrogen (secondary N) is 1. The molecule has 0 aliphatic heterocycles. The minimum Gasteiger partial charge on any atom is -0.435 e. The normalized spacial score (nSPS) is 10.6. The maximum absolute atomic E-state index is 12.2. The van der Waals surface area contributed by atoms with E-state index in [1.165, 1.54) is 47.7 Å². The minimum atomic E-state index is -2.89. The van der Waals surface area contributed by atoms with Crippen molar-refractivity contribution in [2.75, 3.05) is 5.32 Å². The summed E-state index contributed by atoms with van der Waals surface area (Å²) >= 11 is 1.19. The van der Waals surface area contributed by atoms with Gasteiger partial charge in [-0.15, -0.1) is 11.3 Å². The number of non-ortho nitro benzene ring substituents is 1. The highest BCUT2D eigenvalue weighted by molar-refractivity contribution is 7.14. The van der Waals surface area contributed by atoms with Crippen molar-refractivity contribution in [2.24, 2.45) is 0 Å². The van der Waals surface area contributed by atoms with E-state index < -0.39 is 17.4 Å². The summed E-state index contributed by atoms with van der Waals surface area (Å²) in [6.07, 6.45) is 0. The van der Waals surface area contributed by atoms with E-state index in [0.29, 0.717) is 16.4 Å². The van der Waals surface area contributed by atoms with Crippen molar-refractivity contribution in [3.63, 3.8) is 0 Å². The van der Waals surface area contributed by atoms with E-state index in [2.05, 4.69) is 15.0 Å². The molecule has 3 rings (SSSR count). The number of ether oxygens (including phenoxy) is 1. The molecule has 7 nitrogen and oxygen atoms in total. The molecular weight excluding hydrogens is 380 g/mol. The Kier molecular flexibility index (Phi) is 5.36. The van der Waals surface area contributed by atoms with Gasteiger partial charge in [0, 0.05) is 28.6 Å². The number of nitro groups is 1. The maximum Gasteiger partial charge on any atom is 0.387 e. The molecule has 0 unspecified atom stereocenters. The number of anilines is 1. The van der Waals surface area contributed by atoms with Crippen molar-refractivity contribution in [3.05, 3.63) is 69.6 Å². The molecule has 1 N–H and O–H groups in total. The maximum atomic E-state index is 12.2. The standard InChI is InChI=1S/C17H11F2N3O4S/c18-16(19)26-13-7-3-10(4-8-13)14-9-27-17(20-14)21-15(23)11-1-5-12(6-2-11)22(24)25/h1-9,16H,(H,20,21,23). The Balaban J connectivity index is 1.68. The van der Waals surface area contributed by atoms with Gasteiger partial charge in [-0.1, -0.05) is 0 Å². The summed E-state index contributed by atoms with van der Waals surface area (Å²) in [7, 11) is 0. The molecule has 2 aromatic carbocycles. The molecular formula is C17H11F2N3O4S. The van der Waals surface area contributed by atoms with Crippen molar-refractivity contribution < 1.29 is 23.2 Å². The van der Waals surface area contributed by atoms with Gasteiger partial charge in [0.25, 0.3) is 11.6 Å². The Morgan fingerprint density at radius 1 is 1.15 bits per heavy atom. The van der Waals surface area contributed by atoms with Crippen LogP contribution in [0.4, 0.5) is 19.6 Å². The third-order valence-corrected chi connectivity index (χ3v) is 4.20. The van der Waals surface area contributed by atoms with Crippen LogP contribution in [-0.2, 0) is 0 Å². The second kappa shape index (κ2) is 7.87. The molecule has 27 heavy (non-hydrogen) atoms. The lowest BCUT2D eigenvalue weighted by Gasteiger charge is -2.04. The van der Waals surface area contributed by atoms with Crippen LogP contribution in [0.3, 0.4) is 0 Å². The summed E-state index contributed by atoms with van der Waals surface area (Å²) in [4.78, 5) is 26.5. The lowest BCUT2D eigenvalue weighted by Crippen LogP contribution is -2.11. The zero-order valence-electron chi connectivity index (χ0n) is 13.5. The summed E-state index contributed by atoms with van der Waals surface area (Å²) < 4.78 is 28.6. The van der Waals surface area contributed by atoms with Gasteiger partial charge in [-0.25, -0.2) is 4.98 Å². The fourth-order valence-electron chi connectivity index (χ4n) is 2.17. The van der Waals surface area contributed by atoms with Gasteiger partial charge >= 0.3 is 6.61 Å². The highest BCUT2D eigenvalue weighted by atomic mass is 32.1. The van der Waals surface area contributed by atoms with Crippen LogP contribution in [0.1, 0.15) is 10.4 Å². The Bertz CT molecular complexity index is 959. The molecule has 0 atom stereocenters. The summed E-state index contributed by atoms with van der Waals surface area (Å²) in [6.45, 7) is -2.89. The van der Waals surface area contributed by atoms with E-state index >= 15 is 0 Å². The second-order valence-electron chi connectivity index (χ2n) is 5.20. The highest BCUT2D eigenvalue weighted by Crippen LogP contribution is 2.27. The smallest absolute Gasteiger partial charge is 0.387 e. The predicted octanol–water partition coefficient (Wildman–Crippen LogP) is 4.57. The van der Waals surface area contributed by atoms with Gasteiger partial charge < -0.3 is 4.74 Å². The average molecular weight is 391 g/mol. The number of nitro benzene ring substituents is 1. The van der Waals surface area contributed by atoms with Crippen molar-refractivity contribution in [2.45, 2.75) is 6.61 Å². The van der Waals surface area contributed by atoms with Crippen LogP contribution in [0.15, 0.2) is 53.9 Å². The van der Waals surface area contributed by atoms with Gasteiger partial charge in [0.1, 0.15) is 5.75 Å². The Morgan fingerprint density at radius 2 is 1.81 bits per heavy atom. The number of amides is 1. The van der Waals surface area contributed by atoms with Crippen LogP contribution in [-0.4, -0.2) is 22.4 Å². The largest absolute Gasteiger partial charge is 0.435 e. The van der Waals surface area contributed by atoms with Gasteiger partial charge in [0.05, 0.1) is 10.6 Å². The van der Waals surface area contributed by atoms with Crippen LogP contribution in [0.2, 0.25) is 0 Å². The number of benzene rings is 2. The van der Waals surface area contributed by atoms with E-state index in [-0.39, 0.29) is 17.0 Å². The molecule has 0 saturated heterocycles. The zero-order chi connectivity index (χ0) is 19.4. The Morgan fingerprint density at radius 3 is 2.41 bits per heavy atom. The number of aromatic nitrogens is 1. The number of halogens is 2. The number of carbonyl (C=O) groups excluding carboxylic acids is 1. The van der Waals surface area contributed by atoms with E-state index in [0.717, 1.165) is 0 Å². The Hall–Kier alpha value is -3.40. The molecule has 3 aromatic rings. The van der Waals surface area contributed by atoms with Gasteiger partial charge in [0.15, 0.2) is 5.13 Å². The molecule has 0 spiro atoms. The molecule has 1 amide bonds. The van der Waals surface area contributed by atoms with Gasteiger partial charge in [-0.2, -0.15) is 8.78 Å². The van der Waals surface area contributed by atoms with Crippen LogP contribution >= 0.6 is 11.3 Å². The van der Waals surface area contributed by atoms with Crippen molar-refractivity contribution in [1.82, 2.24) is 4.98 Å². The minimum absolute atomic E-state index is 0.0377. The monoisotopic (exact) mass is 391 g/mol. The lowest BCUT2D eigenvalue weighted by molar-refractivity contribution is -0.384. The number of rotatable bonds is 6. The summed E-state index contributed by atoms with van der Waals surface area (Å²) in [6, 6.07) is 11.1. The molecule has 0 aliphatic carbocycles. The molecule has 0 fully saturated rings. The van der Waals surface area contributed by atoms with E-state index in [9.17, 15) is 23.7 Å². The van der Waals surface area contributed by atoms with E-state index in [1.807, 2.05) is 0 Å². The molecule has 0 bridgehead atoms. The van der Waals surface area contributed by atoms with Crippen molar-refractivity contribution in [1.29, 1.82) is 0 Å². The lowest BCUT2D eigenvalue weighted by atomic mass is 10.2. The van der Waals surface area contributed by atoms with Gasteiger partial charge in [-0.05, 0) is 36.4 Å². The molecule has 1 aromatic heterocycles. The average Bonchev–Trinajstić information content (AvgIpc) is 3.10. The van der Waals surface area contributed by atoms with Crippen molar-refractivity contribution in [3.8, 4) is 17.0 Å². The van der Waals surface area contributed by atoms with Gasteiger partial charge in [-0.3, -0.25) is 20.2 Å². The molecule has 0 saturated carbocycles. The quantitative estimate of drug-likeness (QED) is 0.491. The van der Waals surface area contributed by atoms with Crippen molar-refractivity contribution >= 4 is 28.1 Å². The molecule has 10 heteroatoms. The molecule has 138 valence electrons. The number of thiazole rings is 1. The first kappa shape index (κ1) is 18.4. The Labute approximate surface area is 155 Å². The SMILES string of the molecule is O=C(Nc1nc(-c2ccc(OC(F)F)cc2)cs1)c1ccc([N+](=O)[O-])cc1. The zero-order valence-corrected chi connectivity index (χ0v) is 14.3. The van der Waals surface area contributed by atoms with E-state index in [4.69, 9.17) is 0 Å². The number of nitrogens with zero attached hydrogens (tertiary/aromatic N) is 2. The number of hydrogen-bond donors (Lipinski definition) is 1. The highest BCUT2D eigenvalue weighted by Gasteiger charge is 2.12. The van der Waals surface area contributed by atoms with Crippen LogP contribution in [0.25, 0.3) is 11.3 Å². The van der Waals surface area contributed by atoms with Gasteiger partial charge in [0.2, 0.25) is 0 Å². The number of alkyl halides is 2. The van der Waals surface area contributed by atoms with E-state index in [1.54, 1.807) is 17.5 Å². The first-order valence-corrected chi connectivity index (χ1v) is 8.37. The predicted molar refractivity (Wildman–Crippen MR) is 95.2 cm³/mol. The number of carbonyl (C=O) groups is 1. The third-order valence-electron chi connectivity index (χ3n) is 3.44. The first-order chi connectivity index (χ1) is 12.9. The fourth-order valence-corrected chi connectivity index (χ4v) is 2.89. The molecule has 0 aliphatic rings. The number of hydrogen-bond acceptors (Lipinski definition) is 6. The molecule has 1 heterocycles. The fraction of sp³-hybridized carbons (Fsp3) is 0.0588. The first-order valence-electron chi connectivity index (χ1n) is 7.49. The second-order valence-corrected chi connectivity index (χ2v) is 6.06. The summed E-state index contributed by atoms with van der Waals surface area (Å²) in [5.74, 6) is -0.415. The van der Waals surface area contributed by atoms with Crippen LogP contribution < -0.4 is 10.1 Å².